The smallest absolute Gasteiger partial charge is 0.236 e. The van der Waals surface area contributed by atoms with Gasteiger partial charge in [0, 0.05) is 18.8 Å². The van der Waals surface area contributed by atoms with Gasteiger partial charge in [-0.1, -0.05) is 12.1 Å². The van der Waals surface area contributed by atoms with Crippen LogP contribution in [0.15, 0.2) is 24.3 Å². The lowest BCUT2D eigenvalue weighted by Gasteiger charge is -2.27. The second-order valence-corrected chi connectivity index (χ2v) is 4.12. The fraction of sp³-hybridized carbons (Fsp3) is 0.462. The van der Waals surface area contributed by atoms with Crippen LogP contribution in [0, 0.1) is 6.92 Å². The summed E-state index contributed by atoms with van der Waals surface area (Å²) in [7, 11) is 1.75. The molecule has 0 aliphatic heterocycles. The molecule has 1 rings (SSSR count). The Labute approximate surface area is 103 Å². The van der Waals surface area contributed by atoms with Gasteiger partial charge in [0.2, 0.25) is 5.91 Å². The first-order valence-electron chi connectivity index (χ1n) is 5.86. The largest absolute Gasteiger partial charge is 0.370 e. The van der Waals surface area contributed by atoms with Gasteiger partial charge in [-0.3, -0.25) is 4.79 Å². The van der Waals surface area contributed by atoms with Crippen LogP contribution < -0.4 is 16.0 Å². The lowest BCUT2D eigenvalue weighted by molar-refractivity contribution is -0.119. The summed E-state index contributed by atoms with van der Waals surface area (Å²) in [4.78, 5) is 13.4. The van der Waals surface area contributed by atoms with Crippen LogP contribution in [-0.4, -0.2) is 32.1 Å². The van der Waals surface area contributed by atoms with E-state index in [2.05, 4.69) is 36.2 Å². The van der Waals surface area contributed by atoms with Crippen LogP contribution in [0.3, 0.4) is 0 Å². The summed E-state index contributed by atoms with van der Waals surface area (Å²) in [6.07, 6.45) is 0. The van der Waals surface area contributed by atoms with Gasteiger partial charge in [0.05, 0.1) is 0 Å². The van der Waals surface area contributed by atoms with Crippen molar-refractivity contribution in [3.63, 3.8) is 0 Å². The van der Waals surface area contributed by atoms with Crippen molar-refractivity contribution in [3.05, 3.63) is 29.8 Å². The molecule has 1 aromatic rings. The van der Waals surface area contributed by atoms with E-state index < -0.39 is 0 Å². The van der Waals surface area contributed by atoms with Crippen molar-refractivity contribution in [2.45, 2.75) is 19.9 Å². The van der Waals surface area contributed by atoms with Crippen molar-refractivity contribution in [1.82, 2.24) is 5.32 Å². The minimum absolute atomic E-state index is 0.321. The number of aryl methyl sites for hydroxylation is 1. The number of benzene rings is 1. The molecule has 1 unspecified atom stereocenters. The average molecular weight is 235 g/mol. The molecule has 4 heteroatoms. The average Bonchev–Trinajstić information content (AvgIpc) is 2.30. The zero-order valence-electron chi connectivity index (χ0n) is 10.7. The summed E-state index contributed by atoms with van der Waals surface area (Å²) < 4.78 is 0. The Morgan fingerprint density at radius 1 is 1.53 bits per heavy atom. The van der Waals surface area contributed by atoms with E-state index in [0.29, 0.717) is 6.54 Å². The van der Waals surface area contributed by atoms with Gasteiger partial charge < -0.3 is 16.0 Å². The SMILES string of the molecule is CCN(CC(NC)C(N)=O)c1cccc(C)c1. The number of primary amides is 1. The van der Waals surface area contributed by atoms with E-state index in [9.17, 15) is 4.79 Å². The molecule has 1 aromatic carbocycles. The van der Waals surface area contributed by atoms with Crippen LogP contribution in [0.1, 0.15) is 12.5 Å². The molecule has 1 amide bonds. The Bertz CT molecular complexity index is 379. The molecule has 0 spiro atoms. The number of anilines is 1. The summed E-state index contributed by atoms with van der Waals surface area (Å²) in [6.45, 7) is 5.55. The molecular weight excluding hydrogens is 214 g/mol. The number of rotatable bonds is 6. The number of hydrogen-bond donors (Lipinski definition) is 2. The van der Waals surface area contributed by atoms with E-state index in [1.807, 2.05) is 12.1 Å². The van der Waals surface area contributed by atoms with Crippen molar-refractivity contribution in [2.24, 2.45) is 5.73 Å². The predicted octanol–water partition coefficient (Wildman–Crippen LogP) is 0.895. The molecule has 0 saturated carbocycles. The van der Waals surface area contributed by atoms with E-state index in [1.54, 1.807) is 7.05 Å². The summed E-state index contributed by atoms with van der Waals surface area (Å²) in [6, 6.07) is 7.91. The molecule has 0 saturated heterocycles. The summed E-state index contributed by atoms with van der Waals surface area (Å²) in [5.74, 6) is -0.321. The first kappa shape index (κ1) is 13.5. The fourth-order valence-electron chi connectivity index (χ4n) is 1.79. The van der Waals surface area contributed by atoms with Gasteiger partial charge in [-0.05, 0) is 38.6 Å². The van der Waals surface area contributed by atoms with Gasteiger partial charge in [-0.25, -0.2) is 0 Å². The van der Waals surface area contributed by atoms with Crippen molar-refractivity contribution in [3.8, 4) is 0 Å². The molecule has 3 N–H and O–H groups in total. The molecule has 1 atom stereocenters. The van der Waals surface area contributed by atoms with Gasteiger partial charge in [0.1, 0.15) is 6.04 Å². The highest BCUT2D eigenvalue weighted by molar-refractivity contribution is 5.80. The van der Waals surface area contributed by atoms with E-state index in [0.717, 1.165) is 12.2 Å². The van der Waals surface area contributed by atoms with Crippen molar-refractivity contribution in [2.75, 3.05) is 25.0 Å². The second kappa shape index (κ2) is 6.25. The summed E-state index contributed by atoms with van der Waals surface area (Å²) in [5, 5.41) is 2.93. The lowest BCUT2D eigenvalue weighted by atomic mass is 10.2. The number of hydrogen-bond acceptors (Lipinski definition) is 3. The second-order valence-electron chi connectivity index (χ2n) is 4.12. The Kier molecular flexibility index (Phi) is 4.97. The Morgan fingerprint density at radius 2 is 2.24 bits per heavy atom. The molecule has 0 radical (unpaired) electrons. The molecule has 0 heterocycles. The summed E-state index contributed by atoms with van der Waals surface area (Å²) >= 11 is 0. The quantitative estimate of drug-likeness (QED) is 0.770. The first-order valence-corrected chi connectivity index (χ1v) is 5.86. The molecule has 0 bridgehead atoms. The van der Waals surface area contributed by atoms with Crippen molar-refractivity contribution in [1.29, 1.82) is 0 Å². The van der Waals surface area contributed by atoms with Crippen LogP contribution >= 0.6 is 0 Å². The highest BCUT2D eigenvalue weighted by Crippen LogP contribution is 2.15. The molecule has 4 nitrogen and oxygen atoms in total. The zero-order chi connectivity index (χ0) is 12.8. The number of nitrogens with zero attached hydrogens (tertiary/aromatic N) is 1. The van der Waals surface area contributed by atoms with Crippen LogP contribution in [0.4, 0.5) is 5.69 Å². The Morgan fingerprint density at radius 3 is 2.71 bits per heavy atom. The van der Waals surface area contributed by atoms with Gasteiger partial charge in [0.15, 0.2) is 0 Å². The maximum absolute atomic E-state index is 11.2. The topological polar surface area (TPSA) is 58.4 Å². The predicted molar refractivity (Wildman–Crippen MR) is 71.1 cm³/mol. The fourth-order valence-corrected chi connectivity index (χ4v) is 1.79. The standard InChI is InChI=1S/C13H21N3O/c1-4-16(9-12(15-3)13(14)17)11-7-5-6-10(2)8-11/h5-8,12,15H,4,9H2,1-3H3,(H2,14,17). The normalized spacial score (nSPS) is 12.2. The minimum Gasteiger partial charge on any atom is -0.370 e. The number of nitrogens with two attached hydrogens (primary N) is 1. The van der Waals surface area contributed by atoms with Gasteiger partial charge in [-0.2, -0.15) is 0 Å². The van der Waals surface area contributed by atoms with Gasteiger partial charge in [-0.15, -0.1) is 0 Å². The highest BCUT2D eigenvalue weighted by Gasteiger charge is 2.16. The Hall–Kier alpha value is -1.55. The minimum atomic E-state index is -0.324. The number of nitrogens with one attached hydrogen (secondary N) is 1. The molecule has 0 aromatic heterocycles. The molecule has 94 valence electrons. The van der Waals surface area contributed by atoms with Crippen LogP contribution in [0.25, 0.3) is 0 Å². The lowest BCUT2D eigenvalue weighted by Crippen LogP contribution is -2.47. The van der Waals surface area contributed by atoms with Crippen molar-refractivity contribution < 1.29 is 4.79 Å². The number of carbonyl (C=O) groups is 1. The number of likely N-dealkylation sites (N-methyl/N-ethyl adjacent to an activating group) is 2. The molecular formula is C13H21N3O. The van der Waals surface area contributed by atoms with Gasteiger partial charge in [0.25, 0.3) is 0 Å². The van der Waals surface area contributed by atoms with Crippen molar-refractivity contribution >= 4 is 11.6 Å². The molecule has 0 aliphatic rings. The van der Waals surface area contributed by atoms with E-state index in [4.69, 9.17) is 5.73 Å². The van der Waals surface area contributed by atoms with E-state index in [-0.39, 0.29) is 11.9 Å². The highest BCUT2D eigenvalue weighted by atomic mass is 16.1. The maximum atomic E-state index is 11.2. The van der Waals surface area contributed by atoms with E-state index in [1.165, 1.54) is 5.56 Å². The van der Waals surface area contributed by atoms with Crippen LogP contribution in [0.5, 0.6) is 0 Å². The third kappa shape index (κ3) is 3.75. The molecule has 17 heavy (non-hydrogen) atoms. The van der Waals surface area contributed by atoms with Crippen LogP contribution in [0.2, 0.25) is 0 Å². The maximum Gasteiger partial charge on any atom is 0.236 e. The Balaban J connectivity index is 2.81. The van der Waals surface area contributed by atoms with Gasteiger partial charge >= 0.3 is 0 Å². The third-order valence-electron chi connectivity index (χ3n) is 2.84. The first-order chi connectivity index (χ1) is 8.08. The molecule has 0 aliphatic carbocycles. The zero-order valence-corrected chi connectivity index (χ0v) is 10.7. The van der Waals surface area contributed by atoms with E-state index >= 15 is 0 Å². The third-order valence-corrected chi connectivity index (χ3v) is 2.84. The number of amides is 1. The van der Waals surface area contributed by atoms with Crippen LogP contribution in [-0.2, 0) is 4.79 Å². The number of carbonyl (C=O) groups excluding carboxylic acids is 1. The summed E-state index contributed by atoms with van der Waals surface area (Å²) in [5.41, 5.74) is 7.66. The monoisotopic (exact) mass is 235 g/mol. The molecule has 0 fully saturated rings.